The van der Waals surface area contributed by atoms with E-state index in [-0.39, 0.29) is 23.9 Å². The van der Waals surface area contributed by atoms with Crippen molar-refractivity contribution in [1.82, 2.24) is 0 Å². The zero-order valence-electron chi connectivity index (χ0n) is 16.0. The van der Waals surface area contributed by atoms with Crippen molar-refractivity contribution in [2.75, 3.05) is 0 Å². The van der Waals surface area contributed by atoms with Crippen LogP contribution in [-0.2, 0) is 0 Å². The van der Waals surface area contributed by atoms with Gasteiger partial charge in [-0.2, -0.15) is 9.13 Å². The molecule has 6 aliphatic rings. The zero-order chi connectivity index (χ0) is 20.0. The Morgan fingerprint density at radius 1 is 0.533 bits per heavy atom. The molecule has 30 heavy (non-hydrogen) atoms. The highest BCUT2D eigenvalue weighted by molar-refractivity contribution is 9.10. The predicted molar refractivity (Wildman–Crippen MR) is 122 cm³/mol. The van der Waals surface area contributed by atoms with Crippen LogP contribution in [-0.4, -0.2) is 0 Å². The maximum Gasteiger partial charge on any atom is 0.249 e. The molecule has 4 atom stereocenters. The molecule has 1 aliphatic carbocycles. The first-order chi connectivity index (χ1) is 14.7. The lowest BCUT2D eigenvalue weighted by Gasteiger charge is -2.42. The summed E-state index contributed by atoms with van der Waals surface area (Å²) in [4.78, 5) is 0. The molecular weight excluding hydrogens is 500 g/mol. The van der Waals surface area contributed by atoms with Crippen LogP contribution in [0.3, 0.4) is 0 Å². The number of pyridine rings is 2. The van der Waals surface area contributed by atoms with Crippen LogP contribution in [0.5, 0.6) is 0 Å². The summed E-state index contributed by atoms with van der Waals surface area (Å²) < 4.78 is 7.38. The van der Waals surface area contributed by atoms with Gasteiger partial charge in [-0.05, 0) is 35.4 Å². The van der Waals surface area contributed by atoms with Gasteiger partial charge in [-0.1, -0.05) is 56.1 Å². The number of benzene rings is 2. The van der Waals surface area contributed by atoms with Crippen LogP contribution in [0.1, 0.15) is 57.6 Å². The smallest absolute Gasteiger partial charge is 0.188 e. The van der Waals surface area contributed by atoms with Crippen LogP contribution in [0.4, 0.5) is 0 Å². The van der Waals surface area contributed by atoms with Crippen LogP contribution in [0.25, 0.3) is 0 Å². The zero-order valence-corrected chi connectivity index (χ0v) is 19.2. The van der Waals surface area contributed by atoms with Crippen molar-refractivity contribution in [2.24, 2.45) is 0 Å². The first-order valence-electron chi connectivity index (χ1n) is 10.3. The molecule has 0 amide bonds. The summed E-state index contributed by atoms with van der Waals surface area (Å²) in [6, 6.07) is 27.6. The first-order valence-corrected chi connectivity index (χ1v) is 11.9. The molecule has 2 aromatic heterocycles. The molecule has 0 radical (unpaired) electrons. The number of halogens is 2. The summed E-state index contributed by atoms with van der Waals surface area (Å²) in [6.07, 6.45) is 4.56. The van der Waals surface area contributed by atoms with E-state index < -0.39 is 0 Å². The van der Waals surface area contributed by atoms with Gasteiger partial charge in [0.1, 0.15) is 0 Å². The summed E-state index contributed by atoms with van der Waals surface area (Å²) in [5.41, 5.74) is 8.61. The highest BCUT2D eigenvalue weighted by Gasteiger charge is 2.58. The third kappa shape index (κ3) is 2.13. The molecule has 0 unspecified atom stereocenters. The van der Waals surface area contributed by atoms with Crippen molar-refractivity contribution in [3.05, 3.63) is 128 Å². The van der Waals surface area contributed by atoms with Crippen LogP contribution in [0.2, 0.25) is 0 Å². The maximum atomic E-state index is 3.76. The summed E-state index contributed by atoms with van der Waals surface area (Å²) in [5.74, 6) is 0.524. The summed E-state index contributed by atoms with van der Waals surface area (Å²) in [5, 5.41) is 0. The third-order valence-electron chi connectivity index (χ3n) is 7.12. The molecule has 7 heterocycles. The van der Waals surface area contributed by atoms with E-state index in [0.29, 0.717) is 0 Å². The minimum atomic E-state index is 0.216. The molecule has 4 heteroatoms. The molecule has 4 bridgehead atoms. The van der Waals surface area contributed by atoms with Crippen molar-refractivity contribution in [2.45, 2.75) is 23.9 Å². The fraction of sp³-hybridized carbons (Fsp3) is 0.154. The van der Waals surface area contributed by atoms with Gasteiger partial charge in [0.2, 0.25) is 12.1 Å². The normalized spacial score (nSPS) is 24.3. The number of hydrogen-bond donors (Lipinski definition) is 0. The second-order valence-electron chi connectivity index (χ2n) is 8.46. The SMILES string of the molecule is Brc1ccc2c(c1)[C@H]1c3cccc[n+]3[C@@H]2[C@@H]2c3ccc(Br)cc3[C@H]1c1cccc[n+]12. The highest BCUT2D eigenvalue weighted by Crippen LogP contribution is 2.55. The third-order valence-corrected chi connectivity index (χ3v) is 8.11. The number of hydrogen-bond acceptors (Lipinski definition) is 0. The Morgan fingerprint density at radius 3 is 1.47 bits per heavy atom. The van der Waals surface area contributed by atoms with E-state index in [1.807, 2.05) is 0 Å². The molecule has 0 saturated heterocycles. The Bertz CT molecular complexity index is 1260. The second kappa shape index (κ2) is 6.12. The van der Waals surface area contributed by atoms with Crippen molar-refractivity contribution >= 4 is 31.9 Å². The van der Waals surface area contributed by atoms with Crippen LogP contribution >= 0.6 is 31.9 Å². The lowest BCUT2D eigenvalue weighted by Crippen LogP contribution is -2.63. The van der Waals surface area contributed by atoms with Gasteiger partial charge >= 0.3 is 0 Å². The molecule has 4 aromatic rings. The predicted octanol–water partition coefficient (Wildman–Crippen LogP) is 5.57. The van der Waals surface area contributed by atoms with Crippen molar-refractivity contribution < 1.29 is 9.13 Å². The lowest BCUT2D eigenvalue weighted by molar-refractivity contribution is -0.817. The first kappa shape index (κ1) is 17.4. The Hall–Kier alpha value is -2.30. The average molecular weight is 518 g/mol. The van der Waals surface area contributed by atoms with E-state index in [4.69, 9.17) is 0 Å². The van der Waals surface area contributed by atoms with Crippen molar-refractivity contribution in [3.8, 4) is 0 Å². The van der Waals surface area contributed by atoms with Gasteiger partial charge in [0.25, 0.3) is 0 Å². The van der Waals surface area contributed by atoms with Crippen LogP contribution in [0.15, 0.2) is 94.1 Å². The van der Waals surface area contributed by atoms with E-state index >= 15 is 0 Å². The van der Waals surface area contributed by atoms with Gasteiger partial charge in [0, 0.05) is 44.3 Å². The Labute approximate surface area is 192 Å². The fourth-order valence-corrected chi connectivity index (χ4v) is 6.86. The molecule has 5 aliphatic heterocycles. The Morgan fingerprint density at radius 2 is 1.00 bits per heavy atom. The average Bonchev–Trinajstić information content (AvgIpc) is 2.75. The van der Waals surface area contributed by atoms with E-state index in [2.05, 4.69) is 126 Å². The molecule has 0 N–H and O–H groups in total. The molecule has 0 fully saturated rings. The maximum absolute atomic E-state index is 3.76. The van der Waals surface area contributed by atoms with E-state index in [1.165, 1.54) is 33.6 Å². The van der Waals surface area contributed by atoms with E-state index in [9.17, 15) is 0 Å². The fourth-order valence-electron chi connectivity index (χ4n) is 6.10. The molecule has 2 nitrogen and oxygen atoms in total. The molecule has 144 valence electrons. The van der Waals surface area contributed by atoms with E-state index in [0.717, 1.165) is 8.95 Å². The minimum Gasteiger partial charge on any atom is -0.188 e. The molecule has 10 rings (SSSR count). The molecular formula is C26H18Br2N2+2. The van der Waals surface area contributed by atoms with Gasteiger partial charge in [-0.3, -0.25) is 0 Å². The van der Waals surface area contributed by atoms with Gasteiger partial charge in [-0.25, -0.2) is 0 Å². The second-order valence-corrected chi connectivity index (χ2v) is 10.3. The monoisotopic (exact) mass is 516 g/mol. The van der Waals surface area contributed by atoms with Crippen LogP contribution in [0, 0.1) is 0 Å². The van der Waals surface area contributed by atoms with Crippen LogP contribution < -0.4 is 9.13 Å². The topological polar surface area (TPSA) is 7.76 Å². The molecule has 2 aromatic carbocycles. The highest BCUT2D eigenvalue weighted by atomic mass is 79.9. The Kier molecular flexibility index (Phi) is 3.54. The van der Waals surface area contributed by atoms with Gasteiger partial charge in [0.05, 0.1) is 11.8 Å². The van der Waals surface area contributed by atoms with Gasteiger partial charge < -0.3 is 0 Å². The summed E-state index contributed by atoms with van der Waals surface area (Å²) >= 11 is 7.51. The standard InChI is InChI=1S/C26H18Br2N2/c27-15-7-9-17-19(13-15)23-21-5-1-3-11-29(21)25(17)26-18-10-8-16(28)14-20(18)24(23)22-6-2-4-12-30(22)26/h1-14,23-26H/q+2/t23-,24-,25-,26-/m0/s1. The van der Waals surface area contributed by atoms with Crippen molar-refractivity contribution in [1.29, 1.82) is 0 Å². The summed E-state index contributed by atoms with van der Waals surface area (Å²) in [6.45, 7) is 0. The summed E-state index contributed by atoms with van der Waals surface area (Å²) in [7, 11) is 0. The van der Waals surface area contributed by atoms with Gasteiger partial charge in [-0.15, -0.1) is 0 Å². The van der Waals surface area contributed by atoms with E-state index in [1.54, 1.807) is 0 Å². The number of rotatable bonds is 0. The lowest BCUT2D eigenvalue weighted by atomic mass is 9.65. The molecule has 0 saturated carbocycles. The molecule has 0 spiro atoms. The number of nitrogens with zero attached hydrogens (tertiary/aromatic N) is 2. The minimum absolute atomic E-state index is 0.216. The number of aromatic nitrogens is 2. The largest absolute Gasteiger partial charge is 0.249 e. The van der Waals surface area contributed by atoms with Gasteiger partial charge in [0.15, 0.2) is 23.8 Å². The van der Waals surface area contributed by atoms with Crippen molar-refractivity contribution in [3.63, 3.8) is 0 Å². The quantitative estimate of drug-likeness (QED) is 0.269. The Balaban J connectivity index is 1.68.